The minimum atomic E-state index is 0.229. The third kappa shape index (κ3) is 2.03. The van der Waals surface area contributed by atoms with Gasteiger partial charge in [-0.25, -0.2) is 4.98 Å². The van der Waals surface area contributed by atoms with E-state index in [0.29, 0.717) is 10.9 Å². The topological polar surface area (TPSA) is 42.4 Å². The molecule has 0 saturated carbocycles. The number of aromatic hydroxyl groups is 1. The first-order valence-electron chi connectivity index (χ1n) is 4.13. The number of benzene rings is 1. The average Bonchev–Trinajstić information content (AvgIpc) is 2.56. The SMILES string of the molecule is Cc1cnc(Oc2ccc(O)cc2)s1. The Morgan fingerprint density at radius 2 is 2.00 bits per heavy atom. The fourth-order valence-electron chi connectivity index (χ4n) is 0.996. The number of hydrogen-bond acceptors (Lipinski definition) is 4. The van der Waals surface area contributed by atoms with Crippen molar-refractivity contribution in [3.8, 4) is 16.7 Å². The summed E-state index contributed by atoms with van der Waals surface area (Å²) in [7, 11) is 0. The molecule has 0 fully saturated rings. The van der Waals surface area contributed by atoms with Crippen LogP contribution in [0.4, 0.5) is 0 Å². The highest BCUT2D eigenvalue weighted by Gasteiger charge is 2.00. The average molecular weight is 207 g/mol. The summed E-state index contributed by atoms with van der Waals surface area (Å²) in [6.07, 6.45) is 1.76. The first-order chi connectivity index (χ1) is 6.74. The normalized spacial score (nSPS) is 10.1. The van der Waals surface area contributed by atoms with Gasteiger partial charge in [0.15, 0.2) is 0 Å². The number of rotatable bonds is 2. The Hall–Kier alpha value is -1.55. The number of aryl methyl sites for hydroxylation is 1. The van der Waals surface area contributed by atoms with Crippen molar-refractivity contribution in [1.29, 1.82) is 0 Å². The maximum atomic E-state index is 9.06. The summed E-state index contributed by atoms with van der Waals surface area (Å²) in [4.78, 5) is 5.18. The Labute approximate surface area is 85.6 Å². The molecule has 3 nitrogen and oxygen atoms in total. The zero-order valence-electron chi connectivity index (χ0n) is 7.60. The van der Waals surface area contributed by atoms with Gasteiger partial charge < -0.3 is 9.84 Å². The monoisotopic (exact) mass is 207 g/mol. The van der Waals surface area contributed by atoms with Gasteiger partial charge in [-0.2, -0.15) is 0 Å². The van der Waals surface area contributed by atoms with Gasteiger partial charge in [-0.15, -0.1) is 0 Å². The molecule has 0 amide bonds. The lowest BCUT2D eigenvalue weighted by Gasteiger charge is -2.00. The van der Waals surface area contributed by atoms with E-state index in [1.807, 2.05) is 6.92 Å². The van der Waals surface area contributed by atoms with Crippen molar-refractivity contribution in [3.63, 3.8) is 0 Å². The summed E-state index contributed by atoms with van der Waals surface area (Å²) in [5.41, 5.74) is 0. The van der Waals surface area contributed by atoms with Crippen molar-refractivity contribution in [2.24, 2.45) is 0 Å². The van der Waals surface area contributed by atoms with Crippen molar-refractivity contribution in [1.82, 2.24) is 4.98 Å². The van der Waals surface area contributed by atoms with Crippen molar-refractivity contribution < 1.29 is 9.84 Å². The Bertz CT molecular complexity index is 422. The lowest BCUT2D eigenvalue weighted by molar-refractivity contribution is 0.463. The van der Waals surface area contributed by atoms with E-state index in [2.05, 4.69) is 4.98 Å². The molecule has 0 aliphatic heterocycles. The second kappa shape index (κ2) is 3.67. The van der Waals surface area contributed by atoms with Crippen molar-refractivity contribution in [3.05, 3.63) is 35.3 Å². The van der Waals surface area contributed by atoms with E-state index < -0.39 is 0 Å². The Morgan fingerprint density at radius 3 is 2.57 bits per heavy atom. The van der Waals surface area contributed by atoms with E-state index in [0.717, 1.165) is 4.88 Å². The fourth-order valence-corrected chi connectivity index (χ4v) is 1.62. The molecule has 14 heavy (non-hydrogen) atoms. The van der Waals surface area contributed by atoms with Crippen LogP contribution in [0.15, 0.2) is 30.5 Å². The second-order valence-corrected chi connectivity index (χ2v) is 4.03. The largest absolute Gasteiger partial charge is 0.508 e. The highest BCUT2D eigenvalue weighted by Crippen LogP contribution is 2.26. The third-order valence-corrected chi connectivity index (χ3v) is 2.43. The molecule has 0 bridgehead atoms. The Morgan fingerprint density at radius 1 is 1.29 bits per heavy atom. The van der Waals surface area contributed by atoms with E-state index in [9.17, 15) is 0 Å². The molecule has 0 spiro atoms. The van der Waals surface area contributed by atoms with Gasteiger partial charge in [-0.05, 0) is 31.2 Å². The quantitative estimate of drug-likeness (QED) is 0.823. The molecule has 2 aromatic rings. The minimum Gasteiger partial charge on any atom is -0.508 e. The predicted octanol–water partition coefficient (Wildman–Crippen LogP) is 2.95. The van der Waals surface area contributed by atoms with Gasteiger partial charge >= 0.3 is 0 Å². The summed E-state index contributed by atoms with van der Waals surface area (Å²) in [6, 6.07) is 6.56. The van der Waals surface area contributed by atoms with Crippen LogP contribution in [-0.4, -0.2) is 10.1 Å². The molecule has 1 aromatic heterocycles. The molecule has 4 heteroatoms. The van der Waals surface area contributed by atoms with Crippen LogP contribution in [0.2, 0.25) is 0 Å². The lowest BCUT2D eigenvalue weighted by Crippen LogP contribution is -1.81. The fraction of sp³-hybridized carbons (Fsp3) is 0.100. The summed E-state index contributed by atoms with van der Waals surface area (Å²) >= 11 is 1.49. The molecular formula is C10H9NO2S. The van der Waals surface area contributed by atoms with E-state index in [1.165, 1.54) is 11.3 Å². The van der Waals surface area contributed by atoms with Crippen LogP contribution in [0.3, 0.4) is 0 Å². The summed E-state index contributed by atoms with van der Waals surface area (Å²) in [5, 5.41) is 9.68. The summed E-state index contributed by atoms with van der Waals surface area (Å²) in [5.74, 6) is 0.907. The number of thiazole rings is 1. The zero-order chi connectivity index (χ0) is 9.97. The predicted molar refractivity (Wildman–Crippen MR) is 55.0 cm³/mol. The number of ether oxygens (including phenoxy) is 1. The third-order valence-electron chi connectivity index (χ3n) is 1.64. The van der Waals surface area contributed by atoms with E-state index in [1.54, 1.807) is 30.5 Å². The molecule has 1 aromatic carbocycles. The van der Waals surface area contributed by atoms with Crippen molar-refractivity contribution in [2.45, 2.75) is 6.92 Å². The van der Waals surface area contributed by atoms with Gasteiger partial charge in [-0.1, -0.05) is 11.3 Å². The molecule has 0 aliphatic carbocycles. The van der Waals surface area contributed by atoms with Crippen molar-refractivity contribution >= 4 is 11.3 Å². The standard InChI is InChI=1S/C10H9NO2S/c1-7-6-11-10(14-7)13-9-4-2-8(12)3-5-9/h2-6,12H,1H3. The number of phenols is 1. The Balaban J connectivity index is 2.15. The van der Waals surface area contributed by atoms with Gasteiger partial charge in [0.25, 0.3) is 5.19 Å². The molecule has 0 aliphatic rings. The summed E-state index contributed by atoms with van der Waals surface area (Å²) < 4.78 is 5.45. The second-order valence-electron chi connectivity index (χ2n) is 2.83. The van der Waals surface area contributed by atoms with E-state index in [-0.39, 0.29) is 5.75 Å². The van der Waals surface area contributed by atoms with Gasteiger partial charge in [0.05, 0.1) is 0 Å². The molecular weight excluding hydrogens is 198 g/mol. The van der Waals surface area contributed by atoms with Crippen LogP contribution in [0, 0.1) is 6.92 Å². The van der Waals surface area contributed by atoms with E-state index >= 15 is 0 Å². The molecule has 0 saturated heterocycles. The number of aromatic nitrogens is 1. The minimum absolute atomic E-state index is 0.229. The first-order valence-corrected chi connectivity index (χ1v) is 4.95. The number of phenolic OH excluding ortho intramolecular Hbond substituents is 1. The van der Waals surface area contributed by atoms with Gasteiger partial charge in [0.1, 0.15) is 11.5 Å². The maximum Gasteiger partial charge on any atom is 0.278 e. The Kier molecular flexibility index (Phi) is 2.37. The van der Waals surface area contributed by atoms with Gasteiger partial charge in [0.2, 0.25) is 0 Å². The molecule has 0 radical (unpaired) electrons. The van der Waals surface area contributed by atoms with Crippen LogP contribution < -0.4 is 4.74 Å². The highest BCUT2D eigenvalue weighted by molar-refractivity contribution is 7.13. The van der Waals surface area contributed by atoms with Crippen molar-refractivity contribution in [2.75, 3.05) is 0 Å². The van der Waals surface area contributed by atoms with Crippen LogP contribution in [-0.2, 0) is 0 Å². The molecule has 1 N–H and O–H groups in total. The van der Waals surface area contributed by atoms with Gasteiger partial charge in [0, 0.05) is 11.1 Å². The zero-order valence-corrected chi connectivity index (χ0v) is 8.41. The van der Waals surface area contributed by atoms with Crippen LogP contribution in [0.25, 0.3) is 0 Å². The lowest BCUT2D eigenvalue weighted by atomic mass is 10.3. The summed E-state index contributed by atoms with van der Waals surface area (Å²) in [6.45, 7) is 1.97. The van der Waals surface area contributed by atoms with Crippen LogP contribution in [0.1, 0.15) is 4.88 Å². The highest BCUT2D eigenvalue weighted by atomic mass is 32.1. The van der Waals surface area contributed by atoms with Crippen LogP contribution >= 0.6 is 11.3 Å². The smallest absolute Gasteiger partial charge is 0.278 e. The molecule has 72 valence electrons. The first kappa shape index (κ1) is 9.02. The van der Waals surface area contributed by atoms with Gasteiger partial charge in [-0.3, -0.25) is 0 Å². The maximum absolute atomic E-state index is 9.06. The van der Waals surface area contributed by atoms with E-state index in [4.69, 9.17) is 9.84 Å². The van der Waals surface area contributed by atoms with Crippen LogP contribution in [0.5, 0.6) is 16.7 Å². The molecule has 2 rings (SSSR count). The molecule has 0 atom stereocenters. The number of hydrogen-bond donors (Lipinski definition) is 1. The number of nitrogens with zero attached hydrogens (tertiary/aromatic N) is 1. The molecule has 0 unspecified atom stereocenters. The molecule has 1 heterocycles.